The van der Waals surface area contributed by atoms with Gasteiger partial charge in [-0.1, -0.05) is 23.7 Å². The van der Waals surface area contributed by atoms with E-state index >= 15 is 0 Å². The van der Waals surface area contributed by atoms with Crippen LogP contribution < -0.4 is 25.8 Å². The first-order valence-electron chi connectivity index (χ1n) is 10.4. The second-order valence-electron chi connectivity index (χ2n) is 7.47. The van der Waals surface area contributed by atoms with Crippen LogP contribution in [0.4, 0.5) is 22.0 Å². The number of aromatic nitrogens is 3. The molecule has 0 aliphatic carbocycles. The summed E-state index contributed by atoms with van der Waals surface area (Å²) < 4.78 is 11.2. The van der Waals surface area contributed by atoms with Crippen molar-refractivity contribution in [3.63, 3.8) is 0 Å². The number of rotatable bonds is 5. The summed E-state index contributed by atoms with van der Waals surface area (Å²) in [5, 5.41) is 5.98. The molecule has 1 aliphatic heterocycles. The maximum absolute atomic E-state index is 12.3. The Kier molecular flexibility index (Phi) is 5.84. The van der Waals surface area contributed by atoms with Crippen LogP contribution >= 0.6 is 11.6 Å². The Hall–Kier alpha value is -4.37. The molecule has 0 spiro atoms. The molecule has 34 heavy (non-hydrogen) atoms. The number of nitrogen functional groups attached to an aromatic ring is 1. The number of nitrogens with zero attached hydrogens (tertiary/aromatic N) is 3. The molecule has 2 aromatic heterocycles. The van der Waals surface area contributed by atoms with Gasteiger partial charge in [-0.3, -0.25) is 0 Å². The molecule has 0 atom stereocenters. The van der Waals surface area contributed by atoms with E-state index in [0.29, 0.717) is 34.6 Å². The van der Waals surface area contributed by atoms with E-state index in [1.165, 1.54) is 18.6 Å². The van der Waals surface area contributed by atoms with Crippen LogP contribution in [0.1, 0.15) is 5.56 Å². The Morgan fingerprint density at radius 1 is 0.971 bits per heavy atom. The summed E-state index contributed by atoms with van der Waals surface area (Å²) in [6.45, 7) is 0.662. The van der Waals surface area contributed by atoms with Crippen LogP contribution in [0.15, 0.2) is 67.1 Å². The molecule has 3 heterocycles. The summed E-state index contributed by atoms with van der Waals surface area (Å²) in [4.78, 5) is 24.7. The molecular weight excluding hydrogens is 456 g/mol. The third-order valence-corrected chi connectivity index (χ3v) is 5.30. The highest BCUT2D eigenvalue weighted by atomic mass is 35.5. The fourth-order valence-corrected chi connectivity index (χ4v) is 3.64. The summed E-state index contributed by atoms with van der Waals surface area (Å²) >= 11 is 6.02. The number of ether oxygens (including phenoxy) is 2. The van der Waals surface area contributed by atoms with Crippen LogP contribution in [0.3, 0.4) is 0 Å². The van der Waals surface area contributed by atoms with Crippen LogP contribution in [0.2, 0.25) is 5.02 Å². The summed E-state index contributed by atoms with van der Waals surface area (Å²) in [6.07, 6.45) is 5.26. The van der Waals surface area contributed by atoms with Crippen LogP contribution in [-0.4, -0.2) is 27.6 Å². The lowest BCUT2D eigenvalue weighted by atomic mass is 10.1. The molecule has 0 fully saturated rings. The van der Waals surface area contributed by atoms with Crippen molar-refractivity contribution in [1.82, 2.24) is 15.0 Å². The van der Waals surface area contributed by atoms with Crippen molar-refractivity contribution in [3.8, 4) is 28.6 Å². The monoisotopic (exact) mass is 474 g/mol. The van der Waals surface area contributed by atoms with Gasteiger partial charge in [-0.25, -0.2) is 19.7 Å². The number of nitrogens with one attached hydrogen (secondary N) is 2. The first-order chi connectivity index (χ1) is 16.5. The number of halogens is 1. The van der Waals surface area contributed by atoms with Crippen LogP contribution in [-0.2, 0) is 6.42 Å². The zero-order chi connectivity index (χ0) is 23.5. The second-order valence-corrected chi connectivity index (χ2v) is 7.90. The minimum Gasteiger partial charge on any atom is -0.493 e. The SMILES string of the molecule is Nc1ncc(Cl)cc1-c1ccc(Oc2ncc(NC(=O)Nc3ccc4c(c3)CCO4)cn2)cc1. The number of amides is 2. The van der Waals surface area contributed by atoms with Gasteiger partial charge in [0.1, 0.15) is 17.3 Å². The lowest BCUT2D eigenvalue weighted by molar-refractivity contribution is 0.262. The van der Waals surface area contributed by atoms with E-state index in [1.54, 1.807) is 24.3 Å². The zero-order valence-corrected chi connectivity index (χ0v) is 18.5. The molecule has 4 N–H and O–H groups in total. The quantitative estimate of drug-likeness (QED) is 0.365. The first kappa shape index (κ1) is 21.5. The molecule has 0 saturated heterocycles. The van der Waals surface area contributed by atoms with Gasteiger partial charge in [-0.2, -0.15) is 0 Å². The average Bonchev–Trinajstić information content (AvgIpc) is 3.30. The highest BCUT2D eigenvalue weighted by molar-refractivity contribution is 6.30. The molecule has 0 unspecified atom stereocenters. The second kappa shape index (κ2) is 9.24. The number of urea groups is 1. The van der Waals surface area contributed by atoms with Crippen molar-refractivity contribution in [2.24, 2.45) is 0 Å². The third kappa shape index (κ3) is 4.84. The minimum atomic E-state index is -0.401. The average molecular weight is 475 g/mol. The van der Waals surface area contributed by atoms with E-state index in [0.717, 1.165) is 28.9 Å². The largest absolute Gasteiger partial charge is 0.493 e. The van der Waals surface area contributed by atoms with E-state index < -0.39 is 6.03 Å². The lowest BCUT2D eigenvalue weighted by Gasteiger charge is -2.09. The summed E-state index contributed by atoms with van der Waals surface area (Å²) in [7, 11) is 0. The lowest BCUT2D eigenvalue weighted by Crippen LogP contribution is -2.19. The number of hydrogen-bond donors (Lipinski definition) is 3. The normalized spacial score (nSPS) is 11.9. The van der Waals surface area contributed by atoms with Crippen molar-refractivity contribution >= 4 is 34.8 Å². The predicted molar refractivity (Wildman–Crippen MR) is 129 cm³/mol. The molecule has 4 aromatic rings. The van der Waals surface area contributed by atoms with E-state index in [-0.39, 0.29) is 6.01 Å². The zero-order valence-electron chi connectivity index (χ0n) is 17.8. The van der Waals surface area contributed by atoms with Gasteiger partial charge in [0, 0.05) is 23.9 Å². The van der Waals surface area contributed by atoms with E-state index in [2.05, 4.69) is 25.6 Å². The summed E-state index contributed by atoms with van der Waals surface area (Å²) in [6, 6.07) is 14.2. The number of pyridine rings is 1. The van der Waals surface area contributed by atoms with Crippen molar-refractivity contribution in [1.29, 1.82) is 0 Å². The third-order valence-electron chi connectivity index (χ3n) is 5.09. The van der Waals surface area contributed by atoms with E-state index in [4.69, 9.17) is 26.8 Å². The molecule has 9 nitrogen and oxygen atoms in total. The van der Waals surface area contributed by atoms with Gasteiger partial charge in [0.2, 0.25) is 0 Å². The molecule has 5 rings (SSSR count). The van der Waals surface area contributed by atoms with Crippen molar-refractivity contribution in [2.75, 3.05) is 23.0 Å². The van der Waals surface area contributed by atoms with Crippen LogP contribution in [0.5, 0.6) is 17.5 Å². The molecule has 1 aliphatic rings. The predicted octanol–water partition coefficient (Wildman–Crippen LogP) is 5.15. The van der Waals surface area contributed by atoms with E-state index in [9.17, 15) is 4.79 Å². The Labute approximate surface area is 199 Å². The number of benzene rings is 2. The summed E-state index contributed by atoms with van der Waals surface area (Å²) in [5.74, 6) is 1.78. The maximum Gasteiger partial charge on any atom is 0.323 e. The van der Waals surface area contributed by atoms with Gasteiger partial charge >= 0.3 is 12.0 Å². The Morgan fingerprint density at radius 3 is 2.53 bits per heavy atom. The Bertz CT molecular complexity index is 1350. The van der Waals surface area contributed by atoms with Gasteiger partial charge in [0.25, 0.3) is 0 Å². The topological polar surface area (TPSA) is 124 Å². The fourth-order valence-electron chi connectivity index (χ4n) is 3.48. The molecule has 0 radical (unpaired) electrons. The Balaban J connectivity index is 1.19. The van der Waals surface area contributed by atoms with Crippen LogP contribution in [0, 0.1) is 0 Å². The number of hydrogen-bond acceptors (Lipinski definition) is 7. The maximum atomic E-state index is 12.3. The minimum absolute atomic E-state index is 0.140. The summed E-state index contributed by atoms with van der Waals surface area (Å²) in [5.41, 5.74) is 9.70. The van der Waals surface area contributed by atoms with Crippen molar-refractivity contribution in [2.45, 2.75) is 6.42 Å². The van der Waals surface area contributed by atoms with Gasteiger partial charge in [-0.15, -0.1) is 0 Å². The highest BCUT2D eigenvalue weighted by Gasteiger charge is 2.13. The van der Waals surface area contributed by atoms with Gasteiger partial charge in [0.05, 0.1) is 29.7 Å². The standard InChI is InChI=1S/C24H19ClN6O3/c25-16-10-20(22(26)27-11-16)14-1-4-19(5-2-14)34-24-28-12-18(13-29-24)31-23(32)30-17-3-6-21-15(9-17)7-8-33-21/h1-6,9-13H,7-8H2,(H2,26,27)(H2,30,31,32). The molecular formula is C24H19ClN6O3. The number of nitrogens with two attached hydrogens (primary N) is 1. The molecule has 2 aromatic carbocycles. The molecule has 0 bridgehead atoms. The van der Waals surface area contributed by atoms with Crippen molar-refractivity contribution < 1.29 is 14.3 Å². The van der Waals surface area contributed by atoms with Crippen molar-refractivity contribution in [3.05, 3.63) is 77.7 Å². The number of carbonyl (C=O) groups excluding carboxylic acids is 1. The number of carbonyl (C=O) groups is 1. The fraction of sp³-hybridized carbons (Fsp3) is 0.0833. The smallest absolute Gasteiger partial charge is 0.323 e. The molecule has 0 saturated carbocycles. The van der Waals surface area contributed by atoms with E-state index in [1.807, 2.05) is 24.3 Å². The van der Waals surface area contributed by atoms with Gasteiger partial charge in [-0.05, 0) is 47.5 Å². The molecule has 170 valence electrons. The molecule has 10 heteroatoms. The van der Waals surface area contributed by atoms with Gasteiger partial charge in [0.15, 0.2) is 0 Å². The number of anilines is 3. The number of fused-ring (bicyclic) bond motifs is 1. The highest BCUT2D eigenvalue weighted by Crippen LogP contribution is 2.30. The Morgan fingerprint density at radius 2 is 1.74 bits per heavy atom. The molecule has 2 amide bonds. The van der Waals surface area contributed by atoms with Gasteiger partial charge < -0.3 is 25.8 Å². The first-order valence-corrected chi connectivity index (χ1v) is 10.8. The van der Waals surface area contributed by atoms with Crippen LogP contribution in [0.25, 0.3) is 11.1 Å².